The number of sulfonamides is 1. The Morgan fingerprint density at radius 1 is 1.00 bits per heavy atom. The van der Waals surface area contributed by atoms with Crippen molar-refractivity contribution in [3.63, 3.8) is 0 Å². The van der Waals surface area contributed by atoms with Crippen LogP contribution in [0.2, 0.25) is 10.0 Å². The molecule has 1 N–H and O–H groups in total. The van der Waals surface area contributed by atoms with Gasteiger partial charge in [0.25, 0.3) is 0 Å². The molecule has 3 aromatic rings. The van der Waals surface area contributed by atoms with Crippen LogP contribution in [0, 0.1) is 0 Å². The summed E-state index contributed by atoms with van der Waals surface area (Å²) in [5.74, 6) is -0.353. The van der Waals surface area contributed by atoms with Gasteiger partial charge in [-0.25, -0.2) is 8.42 Å². The van der Waals surface area contributed by atoms with Crippen LogP contribution >= 0.6 is 23.2 Å². The molecule has 0 radical (unpaired) electrons. The molecule has 0 saturated carbocycles. The van der Waals surface area contributed by atoms with E-state index in [1.165, 1.54) is 11.9 Å². The smallest absolute Gasteiger partial charge is 0.247 e. The minimum absolute atomic E-state index is 0.0507. The number of amides is 2. The van der Waals surface area contributed by atoms with Crippen molar-refractivity contribution >= 4 is 45.0 Å². The van der Waals surface area contributed by atoms with Crippen molar-refractivity contribution in [1.29, 1.82) is 0 Å². The molecule has 0 fully saturated rings. The van der Waals surface area contributed by atoms with Crippen LogP contribution in [0.25, 0.3) is 0 Å². The zero-order chi connectivity index (χ0) is 27.9. The normalized spacial score (nSPS) is 12.2. The molecule has 0 heterocycles. The van der Waals surface area contributed by atoms with Gasteiger partial charge in [0.05, 0.1) is 19.9 Å². The second-order valence-corrected chi connectivity index (χ2v) is 11.6. The number of likely N-dealkylation sites (N-methyl/N-ethyl adjacent to an activating group) is 1. The maximum Gasteiger partial charge on any atom is 0.247 e. The number of halogens is 2. The van der Waals surface area contributed by atoms with Gasteiger partial charge < -0.3 is 15.0 Å². The lowest BCUT2D eigenvalue weighted by Crippen LogP contribution is -2.47. The Morgan fingerprint density at radius 2 is 1.66 bits per heavy atom. The van der Waals surface area contributed by atoms with Crippen LogP contribution in [0.4, 0.5) is 0 Å². The van der Waals surface area contributed by atoms with E-state index in [1.54, 1.807) is 79.9 Å². The summed E-state index contributed by atoms with van der Waals surface area (Å²) in [4.78, 5) is 28.7. The summed E-state index contributed by atoms with van der Waals surface area (Å²) in [5, 5.41) is 3.74. The zero-order valence-corrected chi connectivity index (χ0v) is 23.6. The standard InChI is InChI=1S/C27H29Cl2N3O5S/c1-31(38(3,35)36)18-25(33)32(17-19-9-13-23(37-2)14-10-19)26(20-7-5-4-6-8-20)27(34)30-16-21-11-12-22(28)15-24(21)29/h4-15,26H,16-18H2,1-3H3,(H,30,34)/t26-/m1/s1. The summed E-state index contributed by atoms with van der Waals surface area (Å²) in [6.07, 6.45) is 1.02. The fourth-order valence-electron chi connectivity index (χ4n) is 3.70. The number of carbonyl (C=O) groups is 2. The van der Waals surface area contributed by atoms with E-state index in [4.69, 9.17) is 27.9 Å². The molecule has 0 saturated heterocycles. The van der Waals surface area contributed by atoms with Crippen molar-refractivity contribution in [2.75, 3.05) is 27.0 Å². The van der Waals surface area contributed by atoms with Gasteiger partial charge >= 0.3 is 0 Å². The second kappa shape index (κ2) is 13.1. The van der Waals surface area contributed by atoms with Crippen LogP contribution in [0.15, 0.2) is 72.8 Å². The molecule has 202 valence electrons. The van der Waals surface area contributed by atoms with Gasteiger partial charge in [-0.1, -0.05) is 71.7 Å². The average molecular weight is 579 g/mol. The Labute approximate surface area is 233 Å². The lowest BCUT2D eigenvalue weighted by Gasteiger charge is -2.32. The topological polar surface area (TPSA) is 96.0 Å². The Hall–Kier alpha value is -3.11. The van der Waals surface area contributed by atoms with Crippen molar-refractivity contribution in [2.45, 2.75) is 19.1 Å². The van der Waals surface area contributed by atoms with Gasteiger partial charge in [-0.15, -0.1) is 0 Å². The van der Waals surface area contributed by atoms with Crippen molar-refractivity contribution in [2.24, 2.45) is 0 Å². The van der Waals surface area contributed by atoms with E-state index in [-0.39, 0.29) is 13.1 Å². The van der Waals surface area contributed by atoms with E-state index < -0.39 is 34.4 Å². The third-order valence-electron chi connectivity index (χ3n) is 5.90. The van der Waals surface area contributed by atoms with Gasteiger partial charge in [-0.05, 0) is 41.0 Å². The van der Waals surface area contributed by atoms with Crippen LogP contribution in [0.1, 0.15) is 22.7 Å². The molecular formula is C27H29Cl2N3O5S. The molecule has 0 spiro atoms. The molecule has 0 aliphatic carbocycles. The summed E-state index contributed by atoms with van der Waals surface area (Å²) in [6, 6.07) is 19.8. The van der Waals surface area contributed by atoms with E-state index in [9.17, 15) is 18.0 Å². The molecule has 38 heavy (non-hydrogen) atoms. The highest BCUT2D eigenvalue weighted by atomic mass is 35.5. The predicted octanol–water partition coefficient (Wildman–Crippen LogP) is 4.28. The fraction of sp³-hybridized carbons (Fsp3) is 0.259. The highest BCUT2D eigenvalue weighted by Crippen LogP contribution is 2.26. The number of carbonyl (C=O) groups excluding carboxylic acids is 2. The Bertz CT molecular complexity index is 1370. The predicted molar refractivity (Wildman–Crippen MR) is 149 cm³/mol. The first kappa shape index (κ1) is 29.4. The summed E-state index contributed by atoms with van der Waals surface area (Å²) in [7, 11) is -0.767. The lowest BCUT2D eigenvalue weighted by atomic mass is 10.0. The first-order valence-corrected chi connectivity index (χ1v) is 14.2. The molecule has 0 bridgehead atoms. The number of hydrogen-bond acceptors (Lipinski definition) is 5. The number of rotatable bonds is 11. The van der Waals surface area contributed by atoms with Crippen LogP contribution < -0.4 is 10.1 Å². The van der Waals surface area contributed by atoms with E-state index in [1.807, 2.05) is 0 Å². The highest BCUT2D eigenvalue weighted by Gasteiger charge is 2.33. The fourth-order valence-corrected chi connectivity index (χ4v) is 4.52. The second-order valence-electron chi connectivity index (χ2n) is 8.66. The maximum atomic E-state index is 13.7. The Kier molecular flexibility index (Phi) is 10.2. The van der Waals surface area contributed by atoms with Gasteiger partial charge in [-0.2, -0.15) is 4.31 Å². The zero-order valence-electron chi connectivity index (χ0n) is 21.2. The summed E-state index contributed by atoms with van der Waals surface area (Å²) in [5.41, 5.74) is 1.95. The molecule has 0 unspecified atom stereocenters. The van der Waals surface area contributed by atoms with Gasteiger partial charge in [0.15, 0.2) is 0 Å². The van der Waals surface area contributed by atoms with Crippen LogP contribution in [0.3, 0.4) is 0 Å². The average Bonchev–Trinajstić information content (AvgIpc) is 2.88. The van der Waals surface area contributed by atoms with Gasteiger partial charge in [-0.3, -0.25) is 9.59 Å². The molecule has 2 amide bonds. The quantitative estimate of drug-likeness (QED) is 0.367. The van der Waals surface area contributed by atoms with Gasteiger partial charge in [0.1, 0.15) is 11.8 Å². The maximum absolute atomic E-state index is 13.7. The number of methoxy groups -OCH3 is 1. The minimum Gasteiger partial charge on any atom is -0.497 e. The summed E-state index contributed by atoms with van der Waals surface area (Å²) >= 11 is 12.3. The monoisotopic (exact) mass is 577 g/mol. The van der Waals surface area contributed by atoms with Gasteiger partial charge in [0, 0.05) is 30.2 Å². The third-order valence-corrected chi connectivity index (χ3v) is 7.75. The molecule has 3 rings (SSSR count). The molecule has 0 aliphatic rings. The molecule has 8 nitrogen and oxygen atoms in total. The lowest BCUT2D eigenvalue weighted by molar-refractivity contribution is -0.141. The molecule has 0 aromatic heterocycles. The van der Waals surface area contributed by atoms with Crippen molar-refractivity contribution in [3.05, 3.63) is 99.5 Å². The van der Waals surface area contributed by atoms with Crippen molar-refractivity contribution < 1.29 is 22.7 Å². The molecule has 1 atom stereocenters. The number of ether oxygens (including phenoxy) is 1. The van der Waals surface area contributed by atoms with Gasteiger partial charge in [0.2, 0.25) is 21.8 Å². The number of hydrogen-bond donors (Lipinski definition) is 1. The summed E-state index contributed by atoms with van der Waals surface area (Å²) in [6.45, 7) is -0.282. The number of nitrogens with zero attached hydrogens (tertiary/aromatic N) is 2. The van der Waals surface area contributed by atoms with E-state index in [0.717, 1.165) is 16.1 Å². The van der Waals surface area contributed by atoms with Crippen molar-refractivity contribution in [1.82, 2.24) is 14.5 Å². The van der Waals surface area contributed by atoms with E-state index in [0.29, 0.717) is 26.9 Å². The third kappa shape index (κ3) is 7.94. The molecule has 3 aromatic carbocycles. The Morgan fingerprint density at radius 3 is 2.24 bits per heavy atom. The first-order valence-electron chi connectivity index (χ1n) is 11.6. The highest BCUT2D eigenvalue weighted by molar-refractivity contribution is 7.88. The molecular weight excluding hydrogens is 549 g/mol. The van der Waals surface area contributed by atoms with Crippen LogP contribution in [0.5, 0.6) is 5.75 Å². The first-order chi connectivity index (χ1) is 18.0. The SMILES string of the molecule is COc1ccc(CN(C(=O)CN(C)S(C)(=O)=O)[C@@H](C(=O)NCc2ccc(Cl)cc2Cl)c2ccccc2)cc1. The Balaban J connectivity index is 1.98. The summed E-state index contributed by atoms with van der Waals surface area (Å²) < 4.78 is 30.3. The molecule has 11 heteroatoms. The van der Waals surface area contributed by atoms with Crippen LogP contribution in [-0.4, -0.2) is 56.4 Å². The van der Waals surface area contributed by atoms with E-state index >= 15 is 0 Å². The minimum atomic E-state index is -3.64. The largest absolute Gasteiger partial charge is 0.497 e. The number of benzene rings is 3. The van der Waals surface area contributed by atoms with Crippen molar-refractivity contribution in [3.8, 4) is 5.75 Å². The number of nitrogens with one attached hydrogen (secondary N) is 1. The van der Waals surface area contributed by atoms with E-state index in [2.05, 4.69) is 5.32 Å². The molecule has 0 aliphatic heterocycles. The van der Waals surface area contributed by atoms with Crippen LogP contribution in [-0.2, 0) is 32.7 Å².